The van der Waals surface area contributed by atoms with Gasteiger partial charge in [-0.2, -0.15) is 0 Å². The van der Waals surface area contributed by atoms with Gasteiger partial charge in [-0.05, 0) is 66.0 Å². The van der Waals surface area contributed by atoms with E-state index in [2.05, 4.69) is 53.1 Å². The first-order valence-corrected chi connectivity index (χ1v) is 7.61. The maximum absolute atomic E-state index is 12.1. The van der Waals surface area contributed by atoms with Crippen molar-refractivity contribution in [2.45, 2.75) is 0 Å². The first kappa shape index (κ1) is 17.8. The number of phenolic OH excluding ortho intramolecular Hbond substituents is 1. The summed E-state index contributed by atoms with van der Waals surface area (Å²) >= 11 is 9.84. The molecule has 3 nitrogen and oxygen atoms in total. The summed E-state index contributed by atoms with van der Waals surface area (Å²) in [5, 5.41) is 12.7. The minimum Gasteiger partial charge on any atom is -0.506 e. The number of halogens is 3. The average molecular weight is 515 g/mol. The number of hydrogen-bond acceptors (Lipinski definition) is 2. The fourth-order valence-electron chi connectivity index (χ4n) is 1.48. The molecule has 0 aliphatic rings. The molecule has 0 bridgehead atoms. The summed E-state index contributed by atoms with van der Waals surface area (Å²) in [6.07, 6.45) is 0. The molecular weight excluding hydrogens is 507 g/mol. The van der Waals surface area contributed by atoms with Crippen LogP contribution >= 0.6 is 47.8 Å². The van der Waals surface area contributed by atoms with Crippen LogP contribution in [0, 0.1) is 0 Å². The van der Waals surface area contributed by atoms with Crippen LogP contribution in [-0.2, 0) is 19.5 Å². The van der Waals surface area contributed by atoms with Gasteiger partial charge in [-0.1, -0.05) is 18.2 Å². The Morgan fingerprint density at radius 3 is 2.25 bits per heavy atom. The molecule has 100 valence electrons. The van der Waals surface area contributed by atoms with Crippen LogP contribution in [0.5, 0.6) is 5.75 Å². The zero-order valence-corrected chi connectivity index (χ0v) is 17.9. The Morgan fingerprint density at radius 2 is 1.65 bits per heavy atom. The number of aromatic hydroxyl groups is 1. The molecule has 20 heavy (non-hydrogen) atoms. The summed E-state index contributed by atoms with van der Waals surface area (Å²) in [5.41, 5.74) is 0.855. The van der Waals surface area contributed by atoms with E-state index in [1.54, 1.807) is 18.2 Å². The molecule has 7 heteroatoms. The summed E-state index contributed by atoms with van der Waals surface area (Å²) in [5.74, 6) is -0.485. The first-order chi connectivity index (χ1) is 9.00. The zero-order valence-electron chi connectivity index (χ0n) is 10.2. The SMILES string of the molecule is O=C(Nc1ccccc1)c1cc(Br)c(Br)c(Br)c1O.[Zn]. The van der Waals surface area contributed by atoms with Crippen molar-refractivity contribution < 1.29 is 29.4 Å². The summed E-state index contributed by atoms with van der Waals surface area (Å²) in [6.45, 7) is 0. The van der Waals surface area contributed by atoms with Crippen molar-refractivity contribution in [3.8, 4) is 5.75 Å². The van der Waals surface area contributed by atoms with E-state index < -0.39 is 0 Å². The molecular formula is C13H8Br3NO2Zn. The second-order valence-corrected chi connectivity index (χ2v) is 6.14. The molecule has 1 amide bonds. The summed E-state index contributed by atoms with van der Waals surface area (Å²) < 4.78 is 1.76. The van der Waals surface area contributed by atoms with E-state index in [-0.39, 0.29) is 36.7 Å². The number of amides is 1. The molecule has 0 heterocycles. The number of para-hydroxylation sites is 1. The fraction of sp³-hybridized carbons (Fsp3) is 0. The quantitative estimate of drug-likeness (QED) is 0.441. The van der Waals surface area contributed by atoms with E-state index in [0.29, 0.717) is 19.1 Å². The maximum Gasteiger partial charge on any atom is 0.259 e. The number of hydrogen-bond donors (Lipinski definition) is 2. The van der Waals surface area contributed by atoms with Crippen LogP contribution in [0.4, 0.5) is 5.69 Å². The Balaban J connectivity index is 0.00000200. The molecule has 0 spiro atoms. The second kappa shape index (κ2) is 7.69. The molecule has 2 rings (SSSR count). The third-order valence-corrected chi connectivity index (χ3v) is 5.70. The molecule has 0 atom stereocenters. The predicted octanol–water partition coefficient (Wildman–Crippen LogP) is 4.93. The van der Waals surface area contributed by atoms with Crippen molar-refractivity contribution in [1.29, 1.82) is 0 Å². The van der Waals surface area contributed by atoms with Gasteiger partial charge in [0.15, 0.2) is 0 Å². The van der Waals surface area contributed by atoms with Crippen molar-refractivity contribution in [3.63, 3.8) is 0 Å². The van der Waals surface area contributed by atoms with Gasteiger partial charge < -0.3 is 10.4 Å². The fourth-order valence-corrected chi connectivity index (χ4v) is 2.90. The third kappa shape index (κ3) is 3.91. The maximum atomic E-state index is 12.1. The van der Waals surface area contributed by atoms with Crippen LogP contribution in [0.15, 0.2) is 49.8 Å². The van der Waals surface area contributed by atoms with E-state index in [1.165, 1.54) is 0 Å². The van der Waals surface area contributed by atoms with Gasteiger partial charge in [-0.15, -0.1) is 0 Å². The molecule has 0 unspecified atom stereocenters. The minimum absolute atomic E-state index is 0. The molecule has 0 radical (unpaired) electrons. The van der Waals surface area contributed by atoms with Crippen LogP contribution in [0.1, 0.15) is 10.4 Å². The molecule has 0 aliphatic heterocycles. The zero-order chi connectivity index (χ0) is 14.0. The molecule has 0 aromatic heterocycles. The number of phenols is 1. The van der Waals surface area contributed by atoms with Crippen LogP contribution in [-0.4, -0.2) is 11.0 Å². The number of rotatable bonds is 2. The van der Waals surface area contributed by atoms with Crippen molar-refractivity contribution in [2.24, 2.45) is 0 Å². The van der Waals surface area contributed by atoms with Crippen LogP contribution in [0.2, 0.25) is 0 Å². The largest absolute Gasteiger partial charge is 0.506 e. The van der Waals surface area contributed by atoms with Crippen LogP contribution in [0.3, 0.4) is 0 Å². The van der Waals surface area contributed by atoms with Gasteiger partial charge in [0, 0.05) is 34.1 Å². The number of nitrogens with one attached hydrogen (secondary N) is 1. The molecule has 0 saturated carbocycles. The van der Waals surface area contributed by atoms with Crippen molar-refractivity contribution in [3.05, 3.63) is 55.4 Å². The summed E-state index contributed by atoms with van der Waals surface area (Å²) in [6, 6.07) is 10.6. The van der Waals surface area contributed by atoms with E-state index in [4.69, 9.17) is 0 Å². The monoisotopic (exact) mass is 511 g/mol. The van der Waals surface area contributed by atoms with Gasteiger partial charge in [0.2, 0.25) is 0 Å². The molecule has 0 saturated heterocycles. The molecule has 2 N–H and O–H groups in total. The Bertz CT molecular complexity index is 635. The number of anilines is 1. The smallest absolute Gasteiger partial charge is 0.259 e. The van der Waals surface area contributed by atoms with E-state index >= 15 is 0 Å². The Hall–Kier alpha value is -0.227. The molecule has 2 aromatic carbocycles. The standard InChI is InChI=1S/C13H8Br3NO2.Zn/c14-9-6-8(12(18)11(16)10(9)15)13(19)17-7-4-2-1-3-5-7;/h1-6,18H,(H,17,19);. The average Bonchev–Trinajstić information content (AvgIpc) is 2.41. The number of carbonyl (C=O) groups excluding carboxylic acids is 1. The van der Waals surface area contributed by atoms with E-state index in [0.717, 1.165) is 0 Å². The molecule has 0 aliphatic carbocycles. The van der Waals surface area contributed by atoms with Gasteiger partial charge in [-0.3, -0.25) is 4.79 Å². The predicted molar refractivity (Wildman–Crippen MR) is 85.6 cm³/mol. The van der Waals surface area contributed by atoms with Gasteiger partial charge in [0.05, 0.1) is 10.0 Å². The topological polar surface area (TPSA) is 49.3 Å². The third-order valence-electron chi connectivity index (χ3n) is 2.41. The van der Waals surface area contributed by atoms with Gasteiger partial charge in [0.25, 0.3) is 5.91 Å². The van der Waals surface area contributed by atoms with Crippen molar-refractivity contribution in [1.82, 2.24) is 0 Å². The molecule has 2 aromatic rings. The summed E-state index contributed by atoms with van der Waals surface area (Å²) in [4.78, 5) is 12.1. The van der Waals surface area contributed by atoms with Crippen molar-refractivity contribution >= 4 is 59.4 Å². The number of benzene rings is 2. The Morgan fingerprint density at radius 1 is 1.05 bits per heavy atom. The Kier molecular flexibility index (Phi) is 6.85. The van der Waals surface area contributed by atoms with Gasteiger partial charge in [-0.25, -0.2) is 0 Å². The van der Waals surface area contributed by atoms with E-state index in [9.17, 15) is 9.90 Å². The molecule has 0 fully saturated rings. The Labute approximate surface area is 154 Å². The normalized spacial score (nSPS) is 9.75. The van der Waals surface area contributed by atoms with E-state index in [1.807, 2.05) is 18.2 Å². The van der Waals surface area contributed by atoms with Gasteiger partial charge >= 0.3 is 0 Å². The number of carbonyl (C=O) groups is 1. The second-order valence-electron chi connectivity index (χ2n) is 3.70. The first-order valence-electron chi connectivity index (χ1n) is 5.23. The van der Waals surface area contributed by atoms with Gasteiger partial charge in [0.1, 0.15) is 5.75 Å². The van der Waals surface area contributed by atoms with Crippen LogP contribution in [0.25, 0.3) is 0 Å². The summed E-state index contributed by atoms with van der Waals surface area (Å²) in [7, 11) is 0. The minimum atomic E-state index is -0.377. The van der Waals surface area contributed by atoms with Crippen LogP contribution < -0.4 is 5.32 Å². The van der Waals surface area contributed by atoms with Crippen molar-refractivity contribution in [2.75, 3.05) is 5.32 Å².